The van der Waals surface area contributed by atoms with Crippen LogP contribution in [0, 0.1) is 5.92 Å². The fourth-order valence-corrected chi connectivity index (χ4v) is 4.47. The van der Waals surface area contributed by atoms with Crippen LogP contribution in [0.5, 0.6) is 0 Å². The minimum atomic E-state index is 0.208. The van der Waals surface area contributed by atoms with Crippen LogP contribution in [0.4, 0.5) is 5.82 Å². The Hall–Kier alpha value is -2.47. The summed E-state index contributed by atoms with van der Waals surface area (Å²) < 4.78 is 0. The number of amides is 1. The molecule has 5 nitrogen and oxygen atoms in total. The van der Waals surface area contributed by atoms with Gasteiger partial charge in [0.25, 0.3) is 0 Å². The molecule has 0 spiro atoms. The Bertz CT molecular complexity index is 943. The number of aromatic nitrogens is 2. The van der Waals surface area contributed by atoms with Crippen LogP contribution in [0.15, 0.2) is 42.0 Å². The van der Waals surface area contributed by atoms with Gasteiger partial charge < -0.3 is 9.80 Å². The predicted octanol–water partition coefficient (Wildman–Crippen LogP) is 3.78. The molecule has 0 atom stereocenters. The molecule has 1 aromatic carbocycles. The van der Waals surface area contributed by atoms with Crippen LogP contribution < -0.4 is 4.90 Å². The van der Waals surface area contributed by atoms with Gasteiger partial charge in [-0.15, -0.1) is 11.3 Å². The smallest absolute Gasteiger partial charge is 0.227 e. The number of hydrogen-bond acceptors (Lipinski definition) is 5. The average molecular weight is 395 g/mol. The van der Waals surface area contributed by atoms with E-state index in [4.69, 9.17) is 0 Å². The van der Waals surface area contributed by atoms with Crippen molar-refractivity contribution in [1.29, 1.82) is 0 Å². The first-order valence-electron chi connectivity index (χ1n) is 9.89. The maximum absolute atomic E-state index is 12.7. The monoisotopic (exact) mass is 394 g/mol. The number of anilines is 1. The molecule has 1 aliphatic rings. The quantitative estimate of drug-likeness (QED) is 0.661. The van der Waals surface area contributed by atoms with Crippen LogP contribution in [0.25, 0.3) is 10.2 Å². The van der Waals surface area contributed by atoms with Gasteiger partial charge in [0.15, 0.2) is 0 Å². The summed E-state index contributed by atoms with van der Waals surface area (Å²) in [6.45, 7) is 7.53. The summed E-state index contributed by atoms with van der Waals surface area (Å²) in [4.78, 5) is 26.8. The number of thiophene rings is 1. The summed E-state index contributed by atoms with van der Waals surface area (Å²) in [5.41, 5.74) is 2.43. The van der Waals surface area contributed by atoms with Gasteiger partial charge >= 0.3 is 0 Å². The van der Waals surface area contributed by atoms with Gasteiger partial charge in [-0.2, -0.15) is 0 Å². The van der Waals surface area contributed by atoms with Gasteiger partial charge in [0, 0.05) is 26.2 Å². The van der Waals surface area contributed by atoms with Crippen molar-refractivity contribution in [3.63, 3.8) is 0 Å². The van der Waals surface area contributed by atoms with Crippen molar-refractivity contribution >= 4 is 33.3 Å². The van der Waals surface area contributed by atoms with Gasteiger partial charge in [0.2, 0.25) is 5.91 Å². The van der Waals surface area contributed by atoms with Crippen LogP contribution in [-0.4, -0.2) is 47.0 Å². The second kappa shape index (κ2) is 8.27. The molecule has 6 heteroatoms. The highest BCUT2D eigenvalue weighted by Gasteiger charge is 2.23. The molecule has 1 amide bonds. The zero-order valence-electron chi connectivity index (χ0n) is 16.5. The highest BCUT2D eigenvalue weighted by atomic mass is 32.1. The van der Waals surface area contributed by atoms with E-state index in [-0.39, 0.29) is 5.91 Å². The molecule has 3 aromatic rings. The number of hydrogen-bond donors (Lipinski definition) is 0. The lowest BCUT2D eigenvalue weighted by Crippen LogP contribution is -2.49. The molecule has 1 aliphatic heterocycles. The van der Waals surface area contributed by atoms with Gasteiger partial charge in [-0.1, -0.05) is 38.1 Å². The Kier molecular flexibility index (Phi) is 5.57. The molecule has 4 rings (SSSR count). The molecule has 0 radical (unpaired) electrons. The first kappa shape index (κ1) is 18.9. The fourth-order valence-electron chi connectivity index (χ4n) is 3.75. The molecule has 0 bridgehead atoms. The first-order chi connectivity index (χ1) is 13.6. The fraction of sp³-hybridized carbons (Fsp3) is 0.409. The lowest BCUT2D eigenvalue weighted by Gasteiger charge is -2.35. The Morgan fingerprint density at radius 2 is 1.75 bits per heavy atom. The molecule has 2 aromatic heterocycles. The van der Waals surface area contributed by atoms with E-state index in [9.17, 15) is 4.79 Å². The minimum absolute atomic E-state index is 0.208. The van der Waals surface area contributed by atoms with Gasteiger partial charge in [-0.05, 0) is 34.9 Å². The van der Waals surface area contributed by atoms with E-state index >= 15 is 0 Å². The summed E-state index contributed by atoms with van der Waals surface area (Å²) >= 11 is 1.63. The molecular formula is C22H26N4OS. The third-order valence-electron chi connectivity index (χ3n) is 5.19. The number of benzene rings is 1. The highest BCUT2D eigenvalue weighted by Crippen LogP contribution is 2.27. The Labute approximate surface area is 170 Å². The van der Waals surface area contributed by atoms with Gasteiger partial charge in [-0.3, -0.25) is 4.79 Å². The lowest BCUT2D eigenvalue weighted by molar-refractivity contribution is -0.130. The molecule has 0 N–H and O–H groups in total. The van der Waals surface area contributed by atoms with Crippen LogP contribution >= 0.6 is 11.3 Å². The van der Waals surface area contributed by atoms with Crippen molar-refractivity contribution < 1.29 is 4.79 Å². The zero-order valence-corrected chi connectivity index (χ0v) is 17.3. The first-order valence-corrected chi connectivity index (χ1v) is 10.8. The van der Waals surface area contributed by atoms with Crippen molar-refractivity contribution in [2.24, 2.45) is 5.92 Å². The number of carbonyl (C=O) groups is 1. The molecule has 0 saturated carbocycles. The van der Waals surface area contributed by atoms with Gasteiger partial charge in [0.05, 0.1) is 11.8 Å². The molecule has 0 unspecified atom stereocenters. The zero-order chi connectivity index (χ0) is 19.5. The average Bonchev–Trinajstić information content (AvgIpc) is 3.18. The van der Waals surface area contributed by atoms with E-state index in [1.54, 1.807) is 17.7 Å². The van der Waals surface area contributed by atoms with Crippen LogP contribution in [0.1, 0.15) is 25.0 Å². The van der Waals surface area contributed by atoms with E-state index in [1.807, 2.05) is 4.90 Å². The molecule has 28 heavy (non-hydrogen) atoms. The lowest BCUT2D eigenvalue weighted by atomic mass is 10.0. The summed E-state index contributed by atoms with van der Waals surface area (Å²) in [5.74, 6) is 1.84. The molecule has 3 heterocycles. The number of fused-ring (bicyclic) bond motifs is 1. The van der Waals surface area contributed by atoms with E-state index < -0.39 is 0 Å². The Balaban J connectivity index is 1.34. The largest absolute Gasteiger partial charge is 0.352 e. The van der Waals surface area contributed by atoms with Gasteiger partial charge in [0.1, 0.15) is 17.0 Å². The number of nitrogens with zero attached hydrogens (tertiary/aromatic N) is 4. The van der Waals surface area contributed by atoms with Gasteiger partial charge in [-0.25, -0.2) is 9.97 Å². The minimum Gasteiger partial charge on any atom is -0.352 e. The van der Waals surface area contributed by atoms with Crippen molar-refractivity contribution in [3.05, 3.63) is 53.2 Å². The van der Waals surface area contributed by atoms with E-state index in [1.165, 1.54) is 5.56 Å². The Morgan fingerprint density at radius 3 is 2.46 bits per heavy atom. The van der Waals surface area contributed by atoms with E-state index in [0.29, 0.717) is 12.3 Å². The molecule has 146 valence electrons. The normalized spacial score (nSPS) is 14.8. The topological polar surface area (TPSA) is 49.3 Å². The second-order valence-corrected chi connectivity index (χ2v) is 8.69. The summed E-state index contributed by atoms with van der Waals surface area (Å²) in [5, 5.41) is 3.16. The number of rotatable bonds is 5. The van der Waals surface area contributed by atoms with Crippen molar-refractivity contribution in [1.82, 2.24) is 14.9 Å². The Morgan fingerprint density at radius 1 is 1.04 bits per heavy atom. The summed E-state index contributed by atoms with van der Waals surface area (Å²) in [6, 6.07) is 10.6. The predicted molar refractivity (Wildman–Crippen MR) is 115 cm³/mol. The van der Waals surface area contributed by atoms with E-state index in [2.05, 4.69) is 64.4 Å². The molecule has 1 fully saturated rings. The van der Waals surface area contributed by atoms with Crippen molar-refractivity contribution in [2.45, 2.75) is 26.7 Å². The third-order valence-corrected chi connectivity index (χ3v) is 6.02. The number of carbonyl (C=O) groups excluding carboxylic acids is 1. The van der Waals surface area contributed by atoms with Crippen LogP contribution in [-0.2, 0) is 17.6 Å². The van der Waals surface area contributed by atoms with E-state index in [0.717, 1.165) is 54.2 Å². The molecule has 0 aliphatic carbocycles. The second-order valence-electron chi connectivity index (χ2n) is 7.80. The summed E-state index contributed by atoms with van der Waals surface area (Å²) in [7, 11) is 0. The standard InChI is InChI=1S/C22H26N4OS/c1-16(2)13-17-3-5-18(6-4-17)14-20(27)25-8-10-26(11-9-25)21-19-7-12-28-22(19)24-15-23-21/h3-7,12,15-16H,8-11,13-14H2,1-2H3. The maximum Gasteiger partial charge on any atom is 0.227 e. The van der Waals surface area contributed by atoms with Crippen LogP contribution in [0.3, 0.4) is 0 Å². The summed E-state index contributed by atoms with van der Waals surface area (Å²) in [6.07, 6.45) is 3.19. The SMILES string of the molecule is CC(C)Cc1ccc(CC(=O)N2CCN(c3ncnc4sccc34)CC2)cc1. The molecular weight excluding hydrogens is 368 g/mol. The van der Waals surface area contributed by atoms with Crippen molar-refractivity contribution in [2.75, 3.05) is 31.1 Å². The molecule has 1 saturated heterocycles. The number of piperazine rings is 1. The highest BCUT2D eigenvalue weighted by molar-refractivity contribution is 7.16. The van der Waals surface area contributed by atoms with Crippen molar-refractivity contribution in [3.8, 4) is 0 Å². The maximum atomic E-state index is 12.7. The van der Waals surface area contributed by atoms with Crippen LogP contribution in [0.2, 0.25) is 0 Å². The third kappa shape index (κ3) is 4.17.